The number of halogens is 1. The Hall–Kier alpha value is -2.14. The van der Waals surface area contributed by atoms with Crippen molar-refractivity contribution in [3.8, 4) is 0 Å². The highest BCUT2D eigenvalue weighted by Crippen LogP contribution is 2.18. The van der Waals surface area contributed by atoms with Gasteiger partial charge in [0.1, 0.15) is 22.9 Å². The van der Waals surface area contributed by atoms with Crippen molar-refractivity contribution in [3.05, 3.63) is 58.8 Å². The second-order valence-corrected chi connectivity index (χ2v) is 4.83. The van der Waals surface area contributed by atoms with E-state index in [2.05, 4.69) is 10.1 Å². The van der Waals surface area contributed by atoms with E-state index in [4.69, 9.17) is 4.42 Å². The maximum absolute atomic E-state index is 13.2. The number of hydrogen-bond donors (Lipinski definition) is 1. The van der Waals surface area contributed by atoms with E-state index in [0.29, 0.717) is 23.6 Å². The van der Waals surface area contributed by atoms with Gasteiger partial charge in [0.25, 0.3) is 0 Å². The highest BCUT2D eigenvalue weighted by atomic mass is 19.1. The summed E-state index contributed by atoms with van der Waals surface area (Å²) < 4.78 is 23.4. The van der Waals surface area contributed by atoms with Crippen LogP contribution in [-0.4, -0.2) is 13.1 Å². The third-order valence-corrected chi connectivity index (χ3v) is 3.31. The summed E-state index contributed by atoms with van der Waals surface area (Å²) >= 11 is 0. The third kappa shape index (κ3) is 3.70. The van der Waals surface area contributed by atoms with E-state index in [1.807, 2.05) is 13.0 Å². The van der Waals surface area contributed by atoms with Gasteiger partial charge in [-0.15, -0.1) is 0 Å². The molecule has 21 heavy (non-hydrogen) atoms. The summed E-state index contributed by atoms with van der Waals surface area (Å²) in [6.45, 7) is 4.09. The van der Waals surface area contributed by atoms with Crippen LogP contribution in [0.5, 0.6) is 0 Å². The van der Waals surface area contributed by atoms with Gasteiger partial charge in [0.2, 0.25) is 0 Å². The first-order valence-corrected chi connectivity index (χ1v) is 6.67. The average Bonchev–Trinajstić information content (AvgIpc) is 2.85. The number of hydrogen-bond acceptors (Lipinski definition) is 4. The number of aryl methyl sites for hydroxylation is 1. The van der Waals surface area contributed by atoms with Crippen LogP contribution in [0, 0.1) is 12.7 Å². The number of rotatable bonds is 5. The Kier molecular flexibility index (Phi) is 4.75. The predicted octanol–water partition coefficient (Wildman–Crippen LogP) is 3.36. The zero-order valence-corrected chi connectivity index (χ0v) is 12.3. The molecular weight excluding hydrogens is 273 g/mol. The summed E-state index contributed by atoms with van der Waals surface area (Å²) in [6, 6.07) is 8.06. The molecule has 0 bridgehead atoms. The van der Waals surface area contributed by atoms with Crippen LogP contribution < -0.4 is 5.32 Å². The second kappa shape index (κ2) is 6.54. The first kappa shape index (κ1) is 15.3. The lowest BCUT2D eigenvalue weighted by Gasteiger charge is -2.13. The Morgan fingerprint density at radius 3 is 2.86 bits per heavy atom. The van der Waals surface area contributed by atoms with E-state index >= 15 is 0 Å². The van der Waals surface area contributed by atoms with Crippen molar-refractivity contribution >= 4 is 5.97 Å². The van der Waals surface area contributed by atoms with Crippen LogP contribution in [0.4, 0.5) is 4.39 Å². The highest BCUT2D eigenvalue weighted by molar-refractivity contribution is 5.90. The van der Waals surface area contributed by atoms with Crippen molar-refractivity contribution < 1.29 is 18.3 Å². The van der Waals surface area contributed by atoms with Crippen molar-refractivity contribution in [2.75, 3.05) is 7.11 Å². The molecular formula is C16H18FNO3. The molecule has 4 nitrogen and oxygen atoms in total. The molecule has 0 aliphatic heterocycles. The molecule has 112 valence electrons. The molecule has 0 spiro atoms. The average molecular weight is 291 g/mol. The lowest BCUT2D eigenvalue weighted by molar-refractivity contribution is 0.0599. The lowest BCUT2D eigenvalue weighted by Crippen LogP contribution is -2.17. The number of carbonyl (C=O) groups excluding carboxylic acids is 1. The molecule has 0 aliphatic carbocycles. The summed E-state index contributed by atoms with van der Waals surface area (Å²) in [7, 11) is 1.33. The first-order valence-electron chi connectivity index (χ1n) is 6.67. The van der Waals surface area contributed by atoms with Gasteiger partial charge >= 0.3 is 5.97 Å². The molecule has 0 fully saturated rings. The Balaban J connectivity index is 2.01. The van der Waals surface area contributed by atoms with Gasteiger partial charge in [-0.05, 0) is 37.6 Å². The van der Waals surface area contributed by atoms with E-state index in [0.717, 1.165) is 5.56 Å². The summed E-state index contributed by atoms with van der Waals surface area (Å²) in [5.41, 5.74) is 1.28. The molecule has 5 heteroatoms. The Bertz CT molecular complexity index is 636. The van der Waals surface area contributed by atoms with Crippen LogP contribution in [0.15, 0.2) is 34.7 Å². The lowest BCUT2D eigenvalue weighted by atomic mass is 10.1. The van der Waals surface area contributed by atoms with Crippen LogP contribution >= 0.6 is 0 Å². The molecule has 0 saturated carbocycles. The summed E-state index contributed by atoms with van der Waals surface area (Å²) in [6.07, 6.45) is 0. The smallest absolute Gasteiger partial charge is 0.341 e. The van der Waals surface area contributed by atoms with Gasteiger partial charge < -0.3 is 14.5 Å². The van der Waals surface area contributed by atoms with E-state index in [1.165, 1.54) is 19.2 Å². The number of esters is 1. The normalized spacial score (nSPS) is 12.2. The third-order valence-electron chi connectivity index (χ3n) is 3.31. The van der Waals surface area contributed by atoms with Crippen molar-refractivity contribution in [3.63, 3.8) is 0 Å². The van der Waals surface area contributed by atoms with Crippen molar-refractivity contribution in [1.82, 2.24) is 5.32 Å². The molecule has 0 saturated heterocycles. The standard InChI is InChI=1S/C16H18FNO3/c1-10(12-5-4-6-13(17)7-12)18-9-14-8-15(11(2)21-14)16(19)20-3/h4-8,10,18H,9H2,1-3H3. The largest absolute Gasteiger partial charge is 0.465 e. The zero-order valence-electron chi connectivity index (χ0n) is 12.3. The molecule has 1 N–H and O–H groups in total. The summed E-state index contributed by atoms with van der Waals surface area (Å²) in [4.78, 5) is 11.5. The number of nitrogens with one attached hydrogen (secondary N) is 1. The Morgan fingerprint density at radius 1 is 1.43 bits per heavy atom. The quantitative estimate of drug-likeness (QED) is 0.858. The minimum absolute atomic E-state index is 0.0346. The van der Waals surface area contributed by atoms with Gasteiger partial charge in [0.15, 0.2) is 0 Å². The highest BCUT2D eigenvalue weighted by Gasteiger charge is 2.15. The second-order valence-electron chi connectivity index (χ2n) is 4.83. The maximum Gasteiger partial charge on any atom is 0.341 e. The molecule has 1 heterocycles. The van der Waals surface area contributed by atoms with Crippen molar-refractivity contribution in [2.45, 2.75) is 26.4 Å². The molecule has 2 aromatic rings. The van der Waals surface area contributed by atoms with Gasteiger partial charge in [-0.1, -0.05) is 12.1 Å². The number of methoxy groups -OCH3 is 1. The van der Waals surface area contributed by atoms with Gasteiger partial charge in [0.05, 0.1) is 13.7 Å². The molecule has 0 aliphatic rings. The fraction of sp³-hybridized carbons (Fsp3) is 0.312. The van der Waals surface area contributed by atoms with Gasteiger partial charge in [-0.25, -0.2) is 9.18 Å². The van der Waals surface area contributed by atoms with E-state index in [-0.39, 0.29) is 11.9 Å². The van der Waals surface area contributed by atoms with E-state index < -0.39 is 5.97 Å². The van der Waals surface area contributed by atoms with Crippen molar-refractivity contribution in [1.29, 1.82) is 0 Å². The number of carbonyl (C=O) groups is 1. The Labute approximate surface area is 122 Å². The minimum atomic E-state index is -0.416. The number of benzene rings is 1. The fourth-order valence-corrected chi connectivity index (χ4v) is 2.09. The monoisotopic (exact) mass is 291 g/mol. The van der Waals surface area contributed by atoms with E-state index in [1.54, 1.807) is 19.1 Å². The topological polar surface area (TPSA) is 51.5 Å². The predicted molar refractivity (Wildman–Crippen MR) is 76.4 cm³/mol. The molecule has 2 rings (SSSR count). The Morgan fingerprint density at radius 2 is 2.19 bits per heavy atom. The molecule has 1 aromatic carbocycles. The minimum Gasteiger partial charge on any atom is -0.465 e. The molecule has 1 aromatic heterocycles. The SMILES string of the molecule is COC(=O)c1cc(CNC(C)c2cccc(F)c2)oc1C. The van der Waals surface area contributed by atoms with Crippen molar-refractivity contribution in [2.24, 2.45) is 0 Å². The maximum atomic E-state index is 13.2. The molecule has 0 radical (unpaired) electrons. The van der Waals surface area contributed by atoms with Gasteiger partial charge in [0, 0.05) is 6.04 Å². The molecule has 0 amide bonds. The summed E-state index contributed by atoms with van der Waals surface area (Å²) in [5.74, 6) is 0.483. The van der Waals surface area contributed by atoms with Crippen LogP contribution in [0.25, 0.3) is 0 Å². The molecule has 1 unspecified atom stereocenters. The van der Waals surface area contributed by atoms with Crippen LogP contribution in [0.1, 0.15) is 40.4 Å². The van der Waals surface area contributed by atoms with Gasteiger partial charge in [-0.3, -0.25) is 0 Å². The summed E-state index contributed by atoms with van der Waals surface area (Å²) in [5, 5.41) is 3.23. The number of furan rings is 1. The number of ether oxygens (including phenoxy) is 1. The van der Waals surface area contributed by atoms with Gasteiger partial charge in [-0.2, -0.15) is 0 Å². The van der Waals surface area contributed by atoms with Crippen LogP contribution in [0.3, 0.4) is 0 Å². The fourth-order valence-electron chi connectivity index (χ4n) is 2.09. The molecule has 1 atom stereocenters. The van der Waals surface area contributed by atoms with Crippen LogP contribution in [0.2, 0.25) is 0 Å². The van der Waals surface area contributed by atoms with E-state index in [9.17, 15) is 9.18 Å². The zero-order chi connectivity index (χ0) is 15.4. The first-order chi connectivity index (χ1) is 10.0. The van der Waals surface area contributed by atoms with Crippen LogP contribution in [-0.2, 0) is 11.3 Å².